The summed E-state index contributed by atoms with van der Waals surface area (Å²) in [5.74, 6) is 6.48. The van der Waals surface area contributed by atoms with Crippen molar-refractivity contribution in [3.8, 4) is 11.8 Å². The molecule has 0 radical (unpaired) electrons. The third-order valence-electron chi connectivity index (χ3n) is 2.78. The summed E-state index contributed by atoms with van der Waals surface area (Å²) in [6.45, 7) is 9.20. The van der Waals surface area contributed by atoms with Crippen LogP contribution in [0.3, 0.4) is 0 Å². The summed E-state index contributed by atoms with van der Waals surface area (Å²) in [6, 6.07) is 6.72. The van der Waals surface area contributed by atoms with E-state index >= 15 is 0 Å². The summed E-state index contributed by atoms with van der Waals surface area (Å²) >= 11 is 0. The Labute approximate surface area is 145 Å². The molecule has 0 unspecified atom stereocenters. The van der Waals surface area contributed by atoms with Crippen LogP contribution in [0, 0.1) is 11.8 Å². The molecule has 3 nitrogen and oxygen atoms in total. The Kier molecular flexibility index (Phi) is 13.8. The van der Waals surface area contributed by atoms with Gasteiger partial charge in [0.05, 0.1) is 6.61 Å². The molecule has 0 saturated carbocycles. The van der Waals surface area contributed by atoms with E-state index in [0.29, 0.717) is 32.2 Å². The number of carbonyl (C=O) groups excluding carboxylic acids is 1. The number of carbonyl (C=O) groups is 1. The SMILES string of the molecule is CC(C)c1ccc(C#CCOCCCOCC(=O)F)cc1.CCC. The zero-order chi connectivity index (χ0) is 18.2. The van der Waals surface area contributed by atoms with E-state index in [9.17, 15) is 9.18 Å². The molecule has 0 aliphatic heterocycles. The first kappa shape index (κ1) is 22.3. The molecule has 1 aromatic rings. The molecule has 0 saturated heterocycles. The van der Waals surface area contributed by atoms with E-state index in [1.165, 1.54) is 12.0 Å². The van der Waals surface area contributed by atoms with Crippen LogP contribution in [-0.4, -0.2) is 32.5 Å². The van der Waals surface area contributed by atoms with Gasteiger partial charge in [0, 0.05) is 12.2 Å². The number of hydrogen-bond donors (Lipinski definition) is 0. The van der Waals surface area contributed by atoms with E-state index in [2.05, 4.69) is 51.7 Å². The second-order valence-electron chi connectivity index (χ2n) is 5.60. The van der Waals surface area contributed by atoms with Crippen LogP contribution in [0.1, 0.15) is 57.6 Å². The molecule has 0 amide bonds. The standard InChI is InChI=1S/C17H21FO3.C3H8/c1-14(2)16-8-6-15(7-9-16)5-3-10-20-11-4-12-21-13-17(18)19;1-3-2/h6-9,14H,4,10-13H2,1-2H3;3H2,1-2H3. The minimum atomic E-state index is -1.45. The minimum Gasteiger partial charge on any atom is -0.371 e. The summed E-state index contributed by atoms with van der Waals surface area (Å²) in [7, 11) is 0. The summed E-state index contributed by atoms with van der Waals surface area (Å²) in [5.41, 5.74) is 2.26. The predicted octanol–water partition coefficient (Wildman–Crippen LogP) is 4.50. The Morgan fingerprint density at radius 1 is 1.12 bits per heavy atom. The molecule has 4 heteroatoms. The van der Waals surface area contributed by atoms with E-state index < -0.39 is 12.6 Å². The monoisotopic (exact) mass is 336 g/mol. The molecule has 134 valence electrons. The van der Waals surface area contributed by atoms with Crippen LogP contribution in [0.4, 0.5) is 4.39 Å². The van der Waals surface area contributed by atoms with Crippen LogP contribution in [0.5, 0.6) is 0 Å². The summed E-state index contributed by atoms with van der Waals surface area (Å²) < 4.78 is 21.8. The number of ether oxygens (including phenoxy) is 2. The fourth-order valence-corrected chi connectivity index (χ4v) is 1.63. The van der Waals surface area contributed by atoms with Gasteiger partial charge in [-0.3, -0.25) is 4.79 Å². The maximum absolute atomic E-state index is 11.8. The van der Waals surface area contributed by atoms with E-state index in [1.807, 2.05) is 12.1 Å². The molecule has 1 rings (SSSR count). The zero-order valence-electron chi connectivity index (χ0n) is 15.2. The molecule has 0 bridgehead atoms. The van der Waals surface area contributed by atoms with Crippen molar-refractivity contribution in [1.82, 2.24) is 0 Å². The topological polar surface area (TPSA) is 35.5 Å². The van der Waals surface area contributed by atoms with E-state index in [0.717, 1.165) is 5.56 Å². The van der Waals surface area contributed by atoms with Gasteiger partial charge in [0.2, 0.25) is 0 Å². The summed E-state index contributed by atoms with van der Waals surface area (Å²) in [6.07, 6.45) is 1.86. The molecule has 1 aromatic carbocycles. The lowest BCUT2D eigenvalue weighted by Gasteiger charge is -2.03. The fraction of sp³-hybridized carbons (Fsp3) is 0.550. The van der Waals surface area contributed by atoms with Crippen molar-refractivity contribution in [2.45, 2.75) is 46.5 Å². The fourth-order valence-electron chi connectivity index (χ4n) is 1.63. The lowest BCUT2D eigenvalue weighted by atomic mass is 10.0. The highest BCUT2D eigenvalue weighted by atomic mass is 19.1. The highest BCUT2D eigenvalue weighted by molar-refractivity contribution is 5.69. The van der Waals surface area contributed by atoms with Crippen molar-refractivity contribution in [3.05, 3.63) is 35.4 Å². The lowest BCUT2D eigenvalue weighted by Crippen LogP contribution is -2.06. The second kappa shape index (κ2) is 14.9. The highest BCUT2D eigenvalue weighted by Crippen LogP contribution is 2.13. The van der Waals surface area contributed by atoms with Crippen molar-refractivity contribution in [2.75, 3.05) is 26.4 Å². The van der Waals surface area contributed by atoms with Gasteiger partial charge in [-0.15, -0.1) is 0 Å². The molecular formula is C20H29FO3. The molecule has 0 aromatic heterocycles. The van der Waals surface area contributed by atoms with Gasteiger partial charge >= 0.3 is 6.04 Å². The van der Waals surface area contributed by atoms with Gasteiger partial charge in [-0.1, -0.05) is 58.1 Å². The van der Waals surface area contributed by atoms with Crippen molar-refractivity contribution in [3.63, 3.8) is 0 Å². The molecule has 0 spiro atoms. The van der Waals surface area contributed by atoms with E-state index in [1.54, 1.807) is 0 Å². The molecule has 0 fully saturated rings. The Balaban J connectivity index is 0.00000163. The van der Waals surface area contributed by atoms with Crippen molar-refractivity contribution in [1.29, 1.82) is 0 Å². The maximum Gasteiger partial charge on any atom is 0.326 e. The van der Waals surface area contributed by atoms with Gasteiger partial charge in [-0.05, 0) is 30.0 Å². The van der Waals surface area contributed by atoms with Crippen LogP contribution >= 0.6 is 0 Å². The molecule has 0 aliphatic carbocycles. The Morgan fingerprint density at radius 3 is 2.25 bits per heavy atom. The molecular weight excluding hydrogens is 307 g/mol. The second-order valence-corrected chi connectivity index (χ2v) is 5.60. The quantitative estimate of drug-likeness (QED) is 0.398. The molecule has 0 aliphatic rings. The van der Waals surface area contributed by atoms with Crippen LogP contribution in [0.25, 0.3) is 0 Å². The smallest absolute Gasteiger partial charge is 0.326 e. The van der Waals surface area contributed by atoms with Gasteiger partial charge in [0.15, 0.2) is 0 Å². The molecule has 0 heterocycles. The first-order chi connectivity index (χ1) is 11.5. The Bertz CT molecular complexity index is 498. The van der Waals surface area contributed by atoms with Crippen LogP contribution < -0.4 is 0 Å². The first-order valence-corrected chi connectivity index (χ1v) is 8.43. The van der Waals surface area contributed by atoms with E-state index in [-0.39, 0.29) is 0 Å². The average molecular weight is 336 g/mol. The van der Waals surface area contributed by atoms with Gasteiger partial charge in [-0.25, -0.2) is 0 Å². The predicted molar refractivity (Wildman–Crippen MR) is 95.7 cm³/mol. The normalized spacial score (nSPS) is 9.75. The Morgan fingerprint density at radius 2 is 1.71 bits per heavy atom. The lowest BCUT2D eigenvalue weighted by molar-refractivity contribution is -0.134. The number of halogens is 1. The van der Waals surface area contributed by atoms with Gasteiger partial charge in [0.25, 0.3) is 0 Å². The first-order valence-electron chi connectivity index (χ1n) is 8.43. The molecule has 0 N–H and O–H groups in total. The average Bonchev–Trinajstić information content (AvgIpc) is 2.54. The third kappa shape index (κ3) is 12.8. The Hall–Kier alpha value is -1.70. The molecule has 0 atom stereocenters. The third-order valence-corrected chi connectivity index (χ3v) is 2.78. The van der Waals surface area contributed by atoms with Crippen LogP contribution in [-0.2, 0) is 14.3 Å². The van der Waals surface area contributed by atoms with Gasteiger partial charge in [-0.2, -0.15) is 4.39 Å². The van der Waals surface area contributed by atoms with Crippen molar-refractivity contribution in [2.24, 2.45) is 0 Å². The summed E-state index contributed by atoms with van der Waals surface area (Å²) in [4.78, 5) is 9.97. The number of rotatable bonds is 8. The van der Waals surface area contributed by atoms with Crippen LogP contribution in [0.15, 0.2) is 24.3 Å². The van der Waals surface area contributed by atoms with Gasteiger partial charge in [0.1, 0.15) is 13.2 Å². The zero-order valence-corrected chi connectivity index (χ0v) is 15.2. The van der Waals surface area contributed by atoms with Gasteiger partial charge < -0.3 is 9.47 Å². The summed E-state index contributed by atoms with van der Waals surface area (Å²) in [5, 5.41) is 0. The van der Waals surface area contributed by atoms with Crippen molar-refractivity contribution < 1.29 is 18.7 Å². The van der Waals surface area contributed by atoms with Crippen LogP contribution in [0.2, 0.25) is 0 Å². The minimum absolute atomic E-state index is 0.305. The van der Waals surface area contributed by atoms with E-state index in [4.69, 9.17) is 9.47 Å². The molecule has 24 heavy (non-hydrogen) atoms. The maximum atomic E-state index is 11.8. The van der Waals surface area contributed by atoms with Crippen molar-refractivity contribution >= 4 is 6.04 Å². The number of hydrogen-bond acceptors (Lipinski definition) is 3. The largest absolute Gasteiger partial charge is 0.371 e. The highest BCUT2D eigenvalue weighted by Gasteiger charge is 1.97. The number of benzene rings is 1.